The van der Waals surface area contributed by atoms with E-state index in [1.165, 1.54) is 0 Å². The van der Waals surface area contributed by atoms with Crippen LogP contribution in [-0.4, -0.2) is 78.0 Å². The number of benzene rings is 2. The summed E-state index contributed by atoms with van der Waals surface area (Å²) in [6.45, 7) is 8.87. The molecule has 41 heavy (non-hydrogen) atoms. The molecule has 4 rings (SSSR count). The summed E-state index contributed by atoms with van der Waals surface area (Å²) in [4.78, 5) is 30.3. The number of methoxy groups -OCH3 is 1. The lowest BCUT2D eigenvalue weighted by Crippen LogP contribution is -2.49. The molecule has 1 aliphatic rings. The first-order valence-corrected chi connectivity index (χ1v) is 13.6. The van der Waals surface area contributed by atoms with Crippen LogP contribution in [0.3, 0.4) is 0 Å². The predicted molar refractivity (Wildman–Crippen MR) is 156 cm³/mol. The number of rotatable bonds is 9. The molecule has 1 aliphatic heterocycles. The number of fused-ring (bicyclic) bond motifs is 1. The Balaban J connectivity index is 1.55. The Bertz CT molecular complexity index is 1340. The Hall–Kier alpha value is -4.09. The first-order valence-electron chi connectivity index (χ1n) is 13.6. The number of nitrogens with one attached hydrogen (secondary N) is 2. The van der Waals surface area contributed by atoms with Crippen molar-refractivity contribution in [3.05, 3.63) is 65.0 Å². The minimum absolute atomic E-state index is 0.0157. The standard InChI is InChI=1S/C30H39N5O6/c1-18-14-35(19(2)17-36)29(37)25-13-23(31-30(38)32-28-20(3)33-41-21(28)4)9-12-26(25)40-27(18)16-34(5)15-22-7-10-24(39-6)11-8-22/h7-13,18-19,27,36H,14-17H2,1-6H3,(H2,31,32,38)/t18-,19-,27+/m1/s1. The number of aryl methyl sites for hydroxylation is 2. The van der Waals surface area contributed by atoms with Crippen LogP contribution in [0.4, 0.5) is 16.2 Å². The van der Waals surface area contributed by atoms with Crippen molar-refractivity contribution in [3.63, 3.8) is 0 Å². The van der Waals surface area contributed by atoms with Crippen LogP contribution < -0.4 is 20.1 Å². The van der Waals surface area contributed by atoms with Crippen LogP contribution in [0, 0.1) is 19.8 Å². The van der Waals surface area contributed by atoms with Crippen molar-refractivity contribution >= 4 is 23.3 Å². The van der Waals surface area contributed by atoms with Gasteiger partial charge in [-0.1, -0.05) is 24.2 Å². The first kappa shape index (κ1) is 29.9. The van der Waals surface area contributed by atoms with E-state index in [0.717, 1.165) is 11.3 Å². The van der Waals surface area contributed by atoms with Gasteiger partial charge in [0.05, 0.1) is 25.3 Å². The molecular weight excluding hydrogens is 526 g/mol. The maximum atomic E-state index is 13.7. The van der Waals surface area contributed by atoms with Crippen molar-refractivity contribution in [2.45, 2.75) is 46.4 Å². The molecular formula is C30H39N5O6. The van der Waals surface area contributed by atoms with Gasteiger partial charge in [-0.3, -0.25) is 9.69 Å². The van der Waals surface area contributed by atoms with Crippen molar-refractivity contribution in [1.29, 1.82) is 0 Å². The maximum Gasteiger partial charge on any atom is 0.323 e. The number of carbonyl (C=O) groups is 2. The van der Waals surface area contributed by atoms with Crippen LogP contribution in [-0.2, 0) is 6.54 Å². The number of hydrogen-bond donors (Lipinski definition) is 3. The van der Waals surface area contributed by atoms with Crippen LogP contribution in [0.15, 0.2) is 47.0 Å². The molecule has 0 aliphatic carbocycles. The van der Waals surface area contributed by atoms with E-state index in [1.54, 1.807) is 44.1 Å². The van der Waals surface area contributed by atoms with E-state index in [1.807, 2.05) is 38.2 Å². The van der Waals surface area contributed by atoms with Gasteiger partial charge in [0.25, 0.3) is 5.91 Å². The third-order valence-corrected chi connectivity index (χ3v) is 7.30. The molecule has 0 radical (unpaired) electrons. The van der Waals surface area contributed by atoms with Gasteiger partial charge >= 0.3 is 6.03 Å². The van der Waals surface area contributed by atoms with Crippen molar-refractivity contribution in [1.82, 2.24) is 15.0 Å². The molecule has 0 spiro atoms. The highest BCUT2D eigenvalue weighted by Crippen LogP contribution is 2.31. The van der Waals surface area contributed by atoms with Gasteiger partial charge in [-0.25, -0.2) is 4.79 Å². The lowest BCUT2D eigenvalue weighted by Gasteiger charge is -2.38. The summed E-state index contributed by atoms with van der Waals surface area (Å²) >= 11 is 0. The highest BCUT2D eigenvalue weighted by atomic mass is 16.5. The van der Waals surface area contributed by atoms with E-state index in [4.69, 9.17) is 14.0 Å². The molecule has 3 aromatic rings. The van der Waals surface area contributed by atoms with Gasteiger partial charge in [-0.2, -0.15) is 0 Å². The van der Waals surface area contributed by atoms with Gasteiger partial charge in [0.15, 0.2) is 5.76 Å². The lowest BCUT2D eigenvalue weighted by atomic mass is 9.99. The molecule has 3 atom stereocenters. The number of amides is 3. The molecule has 11 heteroatoms. The lowest BCUT2D eigenvalue weighted by molar-refractivity contribution is 0.0341. The Labute approximate surface area is 240 Å². The number of carbonyl (C=O) groups excluding carboxylic acids is 2. The van der Waals surface area contributed by atoms with Crippen molar-refractivity contribution in [3.8, 4) is 11.5 Å². The second kappa shape index (κ2) is 13.0. The van der Waals surface area contributed by atoms with Crippen LogP contribution in [0.2, 0.25) is 0 Å². The zero-order chi connectivity index (χ0) is 29.7. The number of anilines is 2. The van der Waals surface area contributed by atoms with E-state index in [2.05, 4.69) is 27.6 Å². The largest absolute Gasteiger partial charge is 0.497 e. The van der Waals surface area contributed by atoms with Crippen LogP contribution >= 0.6 is 0 Å². The normalized spacial score (nSPS) is 17.8. The minimum atomic E-state index is -0.495. The average Bonchev–Trinajstić information content (AvgIpc) is 3.27. The topological polar surface area (TPSA) is 129 Å². The first-order chi connectivity index (χ1) is 19.6. The van der Waals surface area contributed by atoms with Crippen molar-refractivity contribution < 1.29 is 28.7 Å². The molecule has 3 N–H and O–H groups in total. The third-order valence-electron chi connectivity index (χ3n) is 7.30. The van der Waals surface area contributed by atoms with Crippen LogP contribution in [0.1, 0.15) is 41.2 Å². The molecule has 0 fully saturated rings. The number of ether oxygens (including phenoxy) is 2. The summed E-state index contributed by atoms with van der Waals surface area (Å²) in [5, 5.41) is 19.3. The molecule has 0 unspecified atom stereocenters. The number of aliphatic hydroxyl groups excluding tert-OH is 1. The Morgan fingerprint density at radius 3 is 2.59 bits per heavy atom. The van der Waals surface area contributed by atoms with Gasteiger partial charge in [0, 0.05) is 31.2 Å². The second-order valence-corrected chi connectivity index (χ2v) is 10.7. The summed E-state index contributed by atoms with van der Waals surface area (Å²) in [7, 11) is 3.68. The van der Waals surface area contributed by atoms with E-state index >= 15 is 0 Å². The SMILES string of the molecule is COc1ccc(CN(C)C[C@@H]2Oc3ccc(NC(=O)Nc4c(C)noc4C)cc3C(=O)N([C@H](C)CO)C[C@H]2C)cc1. The highest BCUT2D eigenvalue weighted by Gasteiger charge is 2.33. The molecule has 0 saturated carbocycles. The minimum Gasteiger partial charge on any atom is -0.497 e. The molecule has 2 aromatic carbocycles. The number of urea groups is 1. The zero-order valence-corrected chi connectivity index (χ0v) is 24.4. The van der Waals surface area contributed by atoms with Gasteiger partial charge in [0.2, 0.25) is 0 Å². The van der Waals surface area contributed by atoms with Gasteiger partial charge in [0.1, 0.15) is 29.0 Å². The van der Waals surface area contributed by atoms with E-state index in [9.17, 15) is 14.7 Å². The summed E-state index contributed by atoms with van der Waals surface area (Å²) in [5.74, 6) is 1.44. The van der Waals surface area contributed by atoms with Crippen molar-refractivity contribution in [2.75, 3.05) is 44.5 Å². The Kier molecular flexibility index (Phi) is 9.51. The maximum absolute atomic E-state index is 13.7. The van der Waals surface area contributed by atoms with Gasteiger partial charge < -0.3 is 34.6 Å². The zero-order valence-electron chi connectivity index (χ0n) is 24.4. The van der Waals surface area contributed by atoms with Crippen LogP contribution in [0.5, 0.6) is 11.5 Å². The van der Waals surface area contributed by atoms with Crippen molar-refractivity contribution in [2.24, 2.45) is 5.92 Å². The average molecular weight is 566 g/mol. The Morgan fingerprint density at radius 2 is 1.95 bits per heavy atom. The predicted octanol–water partition coefficient (Wildman–Crippen LogP) is 4.30. The summed E-state index contributed by atoms with van der Waals surface area (Å²) in [6, 6.07) is 12.1. The highest BCUT2D eigenvalue weighted by molar-refractivity contribution is 6.03. The molecule has 2 heterocycles. The van der Waals surface area contributed by atoms with Gasteiger partial charge in [-0.15, -0.1) is 0 Å². The fourth-order valence-corrected chi connectivity index (χ4v) is 4.87. The quantitative estimate of drug-likeness (QED) is 0.350. The number of nitrogens with zero attached hydrogens (tertiary/aromatic N) is 3. The summed E-state index contributed by atoms with van der Waals surface area (Å²) in [5.41, 5.74) is 2.93. The number of aromatic nitrogens is 1. The summed E-state index contributed by atoms with van der Waals surface area (Å²) in [6.07, 6.45) is -0.236. The van der Waals surface area contributed by atoms with Gasteiger partial charge in [-0.05, 0) is 63.7 Å². The third kappa shape index (κ3) is 7.17. The second-order valence-electron chi connectivity index (χ2n) is 10.7. The number of aliphatic hydroxyl groups is 1. The smallest absolute Gasteiger partial charge is 0.323 e. The van der Waals surface area contributed by atoms with E-state index in [-0.39, 0.29) is 24.5 Å². The number of likely N-dealkylation sites (N-methyl/N-ethyl adjacent to an activating group) is 1. The fraction of sp³-hybridized carbons (Fsp3) is 0.433. The monoisotopic (exact) mass is 565 g/mol. The van der Waals surface area contributed by atoms with E-state index < -0.39 is 12.1 Å². The molecule has 0 bridgehead atoms. The molecule has 220 valence electrons. The van der Waals surface area contributed by atoms with E-state index in [0.29, 0.717) is 53.8 Å². The summed E-state index contributed by atoms with van der Waals surface area (Å²) < 4.78 is 16.8. The molecule has 1 aromatic heterocycles. The molecule has 0 saturated heterocycles. The fourth-order valence-electron chi connectivity index (χ4n) is 4.87. The molecule has 11 nitrogen and oxygen atoms in total. The number of hydrogen-bond acceptors (Lipinski definition) is 8. The van der Waals surface area contributed by atoms with Crippen LogP contribution in [0.25, 0.3) is 0 Å². The molecule has 3 amide bonds. The Morgan fingerprint density at radius 1 is 1.22 bits per heavy atom.